The summed E-state index contributed by atoms with van der Waals surface area (Å²) in [6.45, 7) is 4.52. The van der Waals surface area contributed by atoms with Gasteiger partial charge in [-0.2, -0.15) is 0 Å². The Kier molecular flexibility index (Phi) is 7.98. The molecular weight excluding hydrogens is 422 g/mol. The fourth-order valence-electron chi connectivity index (χ4n) is 3.94. The van der Waals surface area contributed by atoms with Crippen LogP contribution in [0.15, 0.2) is 35.9 Å². The summed E-state index contributed by atoms with van der Waals surface area (Å²) in [5.74, 6) is 0.764. The van der Waals surface area contributed by atoms with E-state index in [1.165, 1.54) is 0 Å². The highest BCUT2D eigenvalue weighted by atomic mass is 16.5. The lowest BCUT2D eigenvalue weighted by Crippen LogP contribution is -2.25. The molecule has 33 heavy (non-hydrogen) atoms. The molecule has 1 aliphatic heterocycles. The minimum Gasteiger partial charge on any atom is -0.507 e. The highest BCUT2D eigenvalue weighted by Crippen LogP contribution is 2.42. The highest BCUT2D eigenvalue weighted by Gasteiger charge is 2.31. The molecule has 0 unspecified atom stereocenters. The van der Waals surface area contributed by atoms with Gasteiger partial charge in [-0.25, -0.2) is 4.79 Å². The number of fused-ring (bicyclic) bond motifs is 1. The first kappa shape index (κ1) is 24.2. The SMILES string of the molecule is COc1ccc(CCNC(=O)CCC(C)=CCc2c(O)c3c(c(C)c2OC)COC3=O)cc1. The van der Waals surface area contributed by atoms with E-state index in [-0.39, 0.29) is 23.8 Å². The van der Waals surface area contributed by atoms with Crippen LogP contribution < -0.4 is 14.8 Å². The van der Waals surface area contributed by atoms with Crippen molar-refractivity contribution in [2.45, 2.75) is 46.1 Å². The number of methoxy groups -OCH3 is 2. The molecule has 0 fully saturated rings. The fourth-order valence-corrected chi connectivity index (χ4v) is 3.94. The number of ether oxygens (including phenoxy) is 3. The summed E-state index contributed by atoms with van der Waals surface area (Å²) in [5.41, 5.74) is 4.40. The number of carbonyl (C=O) groups is 2. The van der Waals surface area contributed by atoms with Crippen LogP contribution in [0.5, 0.6) is 17.2 Å². The van der Waals surface area contributed by atoms with E-state index in [9.17, 15) is 14.7 Å². The summed E-state index contributed by atoms with van der Waals surface area (Å²) in [5, 5.41) is 13.6. The van der Waals surface area contributed by atoms with Crippen molar-refractivity contribution < 1.29 is 28.9 Å². The quantitative estimate of drug-likeness (QED) is 0.417. The first-order chi connectivity index (χ1) is 15.8. The Bertz CT molecular complexity index is 1060. The summed E-state index contributed by atoms with van der Waals surface area (Å²) in [6, 6.07) is 7.79. The topological polar surface area (TPSA) is 94.1 Å². The van der Waals surface area contributed by atoms with E-state index in [4.69, 9.17) is 14.2 Å². The van der Waals surface area contributed by atoms with Crippen molar-refractivity contribution in [1.82, 2.24) is 5.32 Å². The van der Waals surface area contributed by atoms with E-state index >= 15 is 0 Å². The molecule has 0 atom stereocenters. The normalized spacial score (nSPS) is 12.8. The number of phenolic OH excluding ortho intramolecular Hbond substituents is 1. The van der Waals surface area contributed by atoms with Gasteiger partial charge >= 0.3 is 5.97 Å². The van der Waals surface area contributed by atoms with Gasteiger partial charge < -0.3 is 24.6 Å². The third-order valence-corrected chi connectivity index (χ3v) is 5.94. The second kappa shape index (κ2) is 10.9. The molecule has 0 bridgehead atoms. The summed E-state index contributed by atoms with van der Waals surface area (Å²) >= 11 is 0. The summed E-state index contributed by atoms with van der Waals surface area (Å²) in [6.07, 6.45) is 4.08. The van der Waals surface area contributed by atoms with Crippen LogP contribution in [-0.4, -0.2) is 37.7 Å². The van der Waals surface area contributed by atoms with Gasteiger partial charge in [-0.15, -0.1) is 0 Å². The van der Waals surface area contributed by atoms with E-state index in [1.807, 2.05) is 44.2 Å². The van der Waals surface area contributed by atoms with Gasteiger partial charge in [0.05, 0.1) is 14.2 Å². The number of aromatic hydroxyl groups is 1. The Labute approximate surface area is 194 Å². The molecule has 0 spiro atoms. The molecule has 0 saturated carbocycles. The lowest BCUT2D eigenvalue weighted by atomic mass is 9.94. The van der Waals surface area contributed by atoms with Gasteiger partial charge in [0.25, 0.3) is 0 Å². The Morgan fingerprint density at radius 3 is 2.58 bits per heavy atom. The Hall–Kier alpha value is -3.48. The van der Waals surface area contributed by atoms with Crippen LogP contribution in [0, 0.1) is 6.92 Å². The van der Waals surface area contributed by atoms with E-state index in [0.29, 0.717) is 42.7 Å². The van der Waals surface area contributed by atoms with Crippen molar-refractivity contribution in [1.29, 1.82) is 0 Å². The number of cyclic esters (lactones) is 1. The second-order valence-electron chi connectivity index (χ2n) is 8.12. The average Bonchev–Trinajstić information content (AvgIpc) is 3.21. The molecule has 0 saturated heterocycles. The molecule has 2 N–H and O–H groups in total. The molecule has 0 aromatic heterocycles. The molecule has 176 valence electrons. The average molecular weight is 454 g/mol. The standard InChI is InChI=1S/C26H31NO6/c1-16(6-12-22(28)27-14-13-18-7-9-19(31-3)10-8-18)5-11-20-24(29)23-21(15-33-26(23)30)17(2)25(20)32-4/h5,7-10,29H,6,11-15H2,1-4H3,(H,27,28). The number of allylic oxidation sites excluding steroid dienone is 2. The molecule has 7 nitrogen and oxygen atoms in total. The van der Waals surface area contributed by atoms with Crippen LogP contribution in [0.1, 0.15) is 52.4 Å². The number of hydrogen-bond acceptors (Lipinski definition) is 6. The third-order valence-electron chi connectivity index (χ3n) is 5.94. The van der Waals surface area contributed by atoms with Crippen LogP contribution in [0.2, 0.25) is 0 Å². The summed E-state index contributed by atoms with van der Waals surface area (Å²) < 4.78 is 15.7. The summed E-state index contributed by atoms with van der Waals surface area (Å²) in [7, 11) is 3.18. The monoisotopic (exact) mass is 453 g/mol. The lowest BCUT2D eigenvalue weighted by Gasteiger charge is -2.15. The lowest BCUT2D eigenvalue weighted by molar-refractivity contribution is -0.121. The smallest absolute Gasteiger partial charge is 0.342 e. The van der Waals surface area contributed by atoms with Gasteiger partial charge in [-0.3, -0.25) is 4.79 Å². The van der Waals surface area contributed by atoms with Gasteiger partial charge in [0, 0.05) is 24.1 Å². The molecule has 0 radical (unpaired) electrons. The number of carbonyl (C=O) groups excluding carboxylic acids is 2. The maximum Gasteiger partial charge on any atom is 0.342 e. The van der Waals surface area contributed by atoms with Gasteiger partial charge in [0.15, 0.2) is 0 Å². The van der Waals surface area contributed by atoms with Crippen LogP contribution in [-0.2, 0) is 29.0 Å². The fraction of sp³-hybridized carbons (Fsp3) is 0.385. The number of rotatable bonds is 10. The summed E-state index contributed by atoms with van der Waals surface area (Å²) in [4.78, 5) is 24.2. The largest absolute Gasteiger partial charge is 0.507 e. The van der Waals surface area contributed by atoms with Gasteiger partial charge in [-0.1, -0.05) is 23.8 Å². The number of nitrogens with one attached hydrogen (secondary N) is 1. The minimum absolute atomic E-state index is 0.00666. The first-order valence-electron chi connectivity index (χ1n) is 11.0. The Morgan fingerprint density at radius 2 is 1.91 bits per heavy atom. The molecule has 2 aromatic carbocycles. The van der Waals surface area contributed by atoms with Crippen LogP contribution >= 0.6 is 0 Å². The number of amides is 1. The molecule has 1 amide bonds. The Morgan fingerprint density at radius 1 is 1.18 bits per heavy atom. The van der Waals surface area contributed by atoms with Crippen LogP contribution in [0.3, 0.4) is 0 Å². The van der Waals surface area contributed by atoms with E-state index in [0.717, 1.165) is 28.9 Å². The minimum atomic E-state index is -0.512. The van der Waals surface area contributed by atoms with E-state index in [1.54, 1.807) is 14.2 Å². The van der Waals surface area contributed by atoms with Crippen molar-refractivity contribution >= 4 is 11.9 Å². The molecule has 1 aliphatic rings. The highest BCUT2D eigenvalue weighted by molar-refractivity contribution is 5.98. The second-order valence-corrected chi connectivity index (χ2v) is 8.12. The zero-order chi connectivity index (χ0) is 24.0. The number of esters is 1. The van der Waals surface area contributed by atoms with Gasteiger partial charge in [0.2, 0.25) is 5.91 Å². The molecule has 3 rings (SSSR count). The molecule has 1 heterocycles. The molecule has 7 heteroatoms. The van der Waals surface area contributed by atoms with Crippen LogP contribution in [0.25, 0.3) is 0 Å². The predicted octanol–water partition coefficient (Wildman–Crippen LogP) is 4.02. The van der Waals surface area contributed by atoms with Crippen molar-refractivity contribution in [3.05, 3.63) is 63.7 Å². The van der Waals surface area contributed by atoms with Crippen molar-refractivity contribution in [2.75, 3.05) is 20.8 Å². The van der Waals surface area contributed by atoms with E-state index in [2.05, 4.69) is 5.32 Å². The first-order valence-corrected chi connectivity index (χ1v) is 11.0. The van der Waals surface area contributed by atoms with Crippen molar-refractivity contribution in [3.8, 4) is 17.2 Å². The number of hydrogen-bond donors (Lipinski definition) is 2. The van der Waals surface area contributed by atoms with Gasteiger partial charge in [-0.05, 0) is 56.4 Å². The zero-order valence-corrected chi connectivity index (χ0v) is 19.6. The Balaban J connectivity index is 1.53. The molecular formula is C26H31NO6. The molecule has 0 aliphatic carbocycles. The third kappa shape index (κ3) is 5.66. The van der Waals surface area contributed by atoms with Crippen molar-refractivity contribution in [3.63, 3.8) is 0 Å². The van der Waals surface area contributed by atoms with Crippen molar-refractivity contribution in [2.24, 2.45) is 0 Å². The maximum absolute atomic E-state index is 12.2. The predicted molar refractivity (Wildman–Crippen MR) is 125 cm³/mol. The zero-order valence-electron chi connectivity index (χ0n) is 19.6. The van der Waals surface area contributed by atoms with Gasteiger partial charge in [0.1, 0.15) is 29.4 Å². The number of benzene rings is 2. The van der Waals surface area contributed by atoms with E-state index < -0.39 is 5.97 Å². The molecule has 2 aromatic rings. The van der Waals surface area contributed by atoms with Crippen LogP contribution in [0.4, 0.5) is 0 Å². The number of phenols is 1. The maximum atomic E-state index is 12.2.